The minimum absolute atomic E-state index is 0.379. The molecule has 1 rings (SSSR count). The minimum Gasteiger partial charge on any atom is -0.374 e. The molecule has 0 aliphatic carbocycles. The molecule has 0 saturated carbocycles. The Balaban J connectivity index is 2.23. The van der Waals surface area contributed by atoms with Gasteiger partial charge >= 0.3 is 0 Å². The fourth-order valence-electron chi connectivity index (χ4n) is 1.07. The molecule has 57 valence electrons. The number of hydrogen-bond donors (Lipinski definition) is 0. The third kappa shape index (κ3) is 2.53. The van der Waals surface area contributed by atoms with Gasteiger partial charge in [0, 0.05) is 6.61 Å². The zero-order chi connectivity index (χ0) is 7.40. The molecule has 0 amide bonds. The van der Waals surface area contributed by atoms with Crippen molar-refractivity contribution in [3.8, 4) is 0 Å². The maximum absolute atomic E-state index is 5.39. The van der Waals surface area contributed by atoms with Crippen LogP contribution in [-0.2, 0) is 4.74 Å². The fraction of sp³-hybridized carbons (Fsp3) is 0.667. The summed E-state index contributed by atoms with van der Waals surface area (Å²) in [7, 11) is 0. The summed E-state index contributed by atoms with van der Waals surface area (Å²) in [5.41, 5.74) is 0. The molecule has 1 aliphatic rings. The van der Waals surface area contributed by atoms with Crippen LogP contribution in [0.25, 0.3) is 0 Å². The summed E-state index contributed by atoms with van der Waals surface area (Å²) >= 11 is 0. The van der Waals surface area contributed by atoms with E-state index in [9.17, 15) is 0 Å². The zero-order valence-electron chi connectivity index (χ0n) is 6.55. The topological polar surface area (TPSA) is 9.23 Å². The minimum atomic E-state index is 0.379. The van der Waals surface area contributed by atoms with Crippen molar-refractivity contribution in [2.24, 2.45) is 5.92 Å². The predicted molar refractivity (Wildman–Crippen MR) is 42.6 cm³/mol. The van der Waals surface area contributed by atoms with E-state index in [1.54, 1.807) is 0 Å². The molecule has 0 aromatic rings. The van der Waals surface area contributed by atoms with Crippen LogP contribution in [0.3, 0.4) is 0 Å². The summed E-state index contributed by atoms with van der Waals surface area (Å²) in [6, 6.07) is 0. The van der Waals surface area contributed by atoms with E-state index in [0.717, 1.165) is 6.61 Å². The van der Waals surface area contributed by atoms with Crippen molar-refractivity contribution in [1.82, 2.24) is 0 Å². The molecule has 1 saturated heterocycles. The van der Waals surface area contributed by atoms with E-state index in [0.29, 0.717) is 12.0 Å². The number of ether oxygens (including phenoxy) is 1. The standard InChI is InChI=1S/C9H15O/c1-8(2)5-6-9-4-3-7-10-9/h5-6,8-9H,1,3-4,7H2,2H3/b6-5+. The molecule has 0 spiro atoms. The van der Waals surface area contributed by atoms with Gasteiger partial charge in [-0.2, -0.15) is 0 Å². The lowest BCUT2D eigenvalue weighted by Gasteiger charge is -2.01. The van der Waals surface area contributed by atoms with Crippen molar-refractivity contribution in [3.05, 3.63) is 19.1 Å². The largest absolute Gasteiger partial charge is 0.374 e. The Hall–Kier alpha value is -0.300. The van der Waals surface area contributed by atoms with E-state index < -0.39 is 0 Å². The first-order chi connectivity index (χ1) is 4.79. The van der Waals surface area contributed by atoms with Crippen LogP contribution in [0.2, 0.25) is 0 Å². The molecule has 1 nitrogen and oxygen atoms in total. The molecule has 10 heavy (non-hydrogen) atoms. The second-order valence-electron chi connectivity index (χ2n) is 2.91. The second kappa shape index (κ2) is 3.77. The van der Waals surface area contributed by atoms with Crippen LogP contribution in [0.5, 0.6) is 0 Å². The molecule has 0 N–H and O–H groups in total. The molecule has 1 aliphatic heterocycles. The maximum Gasteiger partial charge on any atom is 0.0756 e. The van der Waals surface area contributed by atoms with E-state index in [1.165, 1.54) is 12.8 Å². The normalized spacial score (nSPS) is 26.9. The zero-order valence-corrected chi connectivity index (χ0v) is 6.55. The highest BCUT2D eigenvalue weighted by Crippen LogP contribution is 2.13. The molecular weight excluding hydrogens is 124 g/mol. The molecule has 1 fully saturated rings. The van der Waals surface area contributed by atoms with Crippen molar-refractivity contribution >= 4 is 0 Å². The Morgan fingerprint density at radius 1 is 1.70 bits per heavy atom. The fourth-order valence-corrected chi connectivity index (χ4v) is 1.07. The van der Waals surface area contributed by atoms with E-state index in [1.807, 2.05) is 0 Å². The summed E-state index contributed by atoms with van der Waals surface area (Å²) < 4.78 is 5.39. The quantitative estimate of drug-likeness (QED) is 0.533. The summed E-state index contributed by atoms with van der Waals surface area (Å²) in [5.74, 6) is 0.407. The third-order valence-electron chi connectivity index (χ3n) is 1.62. The van der Waals surface area contributed by atoms with E-state index in [2.05, 4.69) is 26.0 Å². The van der Waals surface area contributed by atoms with Gasteiger partial charge in [0.15, 0.2) is 0 Å². The molecule has 2 atom stereocenters. The molecular formula is C9H15O. The smallest absolute Gasteiger partial charge is 0.0756 e. The molecule has 0 aromatic carbocycles. The van der Waals surface area contributed by atoms with Gasteiger partial charge in [0.2, 0.25) is 0 Å². The highest BCUT2D eigenvalue weighted by molar-refractivity contribution is 4.94. The Bertz CT molecular complexity index is 110. The van der Waals surface area contributed by atoms with Gasteiger partial charge in [-0.05, 0) is 25.7 Å². The van der Waals surface area contributed by atoms with Gasteiger partial charge in [-0.1, -0.05) is 19.1 Å². The molecule has 1 heteroatoms. The first kappa shape index (κ1) is 7.80. The molecule has 1 heterocycles. The molecule has 0 aromatic heterocycles. The van der Waals surface area contributed by atoms with Crippen molar-refractivity contribution in [2.75, 3.05) is 6.61 Å². The third-order valence-corrected chi connectivity index (χ3v) is 1.62. The highest BCUT2D eigenvalue weighted by atomic mass is 16.5. The number of allylic oxidation sites excluding steroid dienone is 1. The van der Waals surface area contributed by atoms with Crippen LogP contribution in [-0.4, -0.2) is 12.7 Å². The van der Waals surface area contributed by atoms with Crippen LogP contribution in [0.1, 0.15) is 19.8 Å². The Labute approximate surface area is 63.1 Å². The lowest BCUT2D eigenvalue weighted by molar-refractivity contribution is 0.145. The van der Waals surface area contributed by atoms with Crippen molar-refractivity contribution in [2.45, 2.75) is 25.9 Å². The van der Waals surface area contributed by atoms with Gasteiger partial charge in [-0.15, -0.1) is 0 Å². The van der Waals surface area contributed by atoms with Gasteiger partial charge in [-0.3, -0.25) is 0 Å². The lowest BCUT2D eigenvalue weighted by Crippen LogP contribution is -1.99. The van der Waals surface area contributed by atoms with Crippen molar-refractivity contribution in [3.63, 3.8) is 0 Å². The van der Waals surface area contributed by atoms with Gasteiger partial charge in [0.05, 0.1) is 6.10 Å². The van der Waals surface area contributed by atoms with Crippen LogP contribution in [0, 0.1) is 12.8 Å². The summed E-state index contributed by atoms with van der Waals surface area (Å²) in [5, 5.41) is 0. The Morgan fingerprint density at radius 3 is 3.00 bits per heavy atom. The van der Waals surface area contributed by atoms with E-state index in [-0.39, 0.29) is 0 Å². The highest BCUT2D eigenvalue weighted by Gasteiger charge is 2.10. The Kier molecular flexibility index (Phi) is 2.94. The first-order valence-corrected chi connectivity index (χ1v) is 3.92. The van der Waals surface area contributed by atoms with E-state index in [4.69, 9.17) is 4.74 Å². The Morgan fingerprint density at radius 2 is 2.50 bits per heavy atom. The van der Waals surface area contributed by atoms with Crippen molar-refractivity contribution < 1.29 is 4.74 Å². The van der Waals surface area contributed by atoms with E-state index >= 15 is 0 Å². The van der Waals surface area contributed by atoms with Gasteiger partial charge in [0.1, 0.15) is 0 Å². The predicted octanol–water partition coefficient (Wildman–Crippen LogP) is 2.19. The monoisotopic (exact) mass is 139 g/mol. The molecule has 2 unspecified atom stereocenters. The summed E-state index contributed by atoms with van der Waals surface area (Å²) in [6.07, 6.45) is 7.01. The SMILES string of the molecule is [CH2]C(C)/C=C/C1CCCO1. The van der Waals surface area contributed by atoms with Gasteiger partial charge < -0.3 is 4.74 Å². The van der Waals surface area contributed by atoms with Crippen LogP contribution < -0.4 is 0 Å². The van der Waals surface area contributed by atoms with Crippen molar-refractivity contribution in [1.29, 1.82) is 0 Å². The lowest BCUT2D eigenvalue weighted by atomic mass is 10.1. The maximum atomic E-state index is 5.39. The van der Waals surface area contributed by atoms with Crippen LogP contribution in [0.4, 0.5) is 0 Å². The second-order valence-corrected chi connectivity index (χ2v) is 2.91. The average Bonchev–Trinajstić information content (AvgIpc) is 2.34. The van der Waals surface area contributed by atoms with Crippen LogP contribution in [0.15, 0.2) is 12.2 Å². The summed E-state index contributed by atoms with van der Waals surface area (Å²) in [6.45, 7) is 6.86. The summed E-state index contributed by atoms with van der Waals surface area (Å²) in [4.78, 5) is 0. The first-order valence-electron chi connectivity index (χ1n) is 3.92. The van der Waals surface area contributed by atoms with Gasteiger partial charge in [0.25, 0.3) is 0 Å². The molecule has 1 radical (unpaired) electrons. The average molecular weight is 139 g/mol. The van der Waals surface area contributed by atoms with Crippen LogP contribution >= 0.6 is 0 Å². The number of rotatable bonds is 2. The molecule has 0 bridgehead atoms. The van der Waals surface area contributed by atoms with Gasteiger partial charge in [-0.25, -0.2) is 0 Å². The number of hydrogen-bond acceptors (Lipinski definition) is 1.